The van der Waals surface area contributed by atoms with E-state index >= 15 is 0 Å². The smallest absolute Gasteiger partial charge is 0.234 e. The molecule has 0 saturated carbocycles. The number of carbonyl (C=O) groups excluding carboxylic acids is 1. The Morgan fingerprint density at radius 1 is 1.20 bits per heavy atom. The van der Waals surface area contributed by atoms with Gasteiger partial charge in [-0.3, -0.25) is 4.79 Å². The number of nitrogens with zero attached hydrogens (tertiary/aromatic N) is 1. The molecule has 0 aliphatic rings. The van der Waals surface area contributed by atoms with Crippen LogP contribution in [0.4, 0.5) is 10.1 Å². The molecule has 1 aromatic heterocycles. The van der Waals surface area contributed by atoms with Crippen molar-refractivity contribution < 1.29 is 9.18 Å². The lowest BCUT2D eigenvalue weighted by Gasteiger charge is -2.06. The Labute approximate surface area is 161 Å². The van der Waals surface area contributed by atoms with Gasteiger partial charge in [-0.1, -0.05) is 12.1 Å². The molecule has 128 valence electrons. The Morgan fingerprint density at radius 3 is 2.72 bits per heavy atom. The summed E-state index contributed by atoms with van der Waals surface area (Å²) in [4.78, 5) is 16.5. The minimum atomic E-state index is -0.257. The van der Waals surface area contributed by atoms with E-state index in [9.17, 15) is 9.18 Å². The first-order valence-electron chi connectivity index (χ1n) is 7.44. The molecule has 25 heavy (non-hydrogen) atoms. The van der Waals surface area contributed by atoms with Crippen LogP contribution in [0.25, 0.3) is 10.6 Å². The SMILES string of the molecule is O=C(CSCc1csc(-c2ccc(F)cc2)n1)Nc1ccccc1Br. The number of halogens is 2. The van der Waals surface area contributed by atoms with E-state index in [1.54, 1.807) is 12.1 Å². The van der Waals surface area contributed by atoms with E-state index in [0.717, 1.165) is 26.4 Å². The second-order valence-electron chi connectivity index (χ2n) is 5.17. The number of rotatable bonds is 6. The van der Waals surface area contributed by atoms with Crippen LogP contribution in [-0.2, 0) is 10.5 Å². The fourth-order valence-corrected chi connectivity index (χ4v) is 4.13. The maximum absolute atomic E-state index is 13.0. The molecular formula is C18H14BrFN2OS2. The number of nitrogens with one attached hydrogen (secondary N) is 1. The van der Waals surface area contributed by atoms with Gasteiger partial charge >= 0.3 is 0 Å². The Bertz CT molecular complexity index is 868. The van der Waals surface area contributed by atoms with E-state index in [0.29, 0.717) is 11.5 Å². The Morgan fingerprint density at radius 2 is 1.96 bits per heavy atom. The van der Waals surface area contributed by atoms with Crippen molar-refractivity contribution in [2.75, 3.05) is 11.1 Å². The first-order chi connectivity index (χ1) is 12.1. The molecule has 1 amide bonds. The van der Waals surface area contributed by atoms with Crippen molar-refractivity contribution in [3.8, 4) is 10.6 Å². The highest BCUT2D eigenvalue weighted by atomic mass is 79.9. The quantitative estimate of drug-likeness (QED) is 0.547. The van der Waals surface area contributed by atoms with Gasteiger partial charge in [0.1, 0.15) is 10.8 Å². The molecule has 1 N–H and O–H groups in total. The summed E-state index contributed by atoms with van der Waals surface area (Å²) >= 11 is 6.43. The van der Waals surface area contributed by atoms with Gasteiger partial charge in [-0.15, -0.1) is 23.1 Å². The van der Waals surface area contributed by atoms with Crippen LogP contribution in [0.1, 0.15) is 5.69 Å². The predicted molar refractivity (Wildman–Crippen MR) is 106 cm³/mol. The number of thioether (sulfide) groups is 1. The van der Waals surface area contributed by atoms with Crippen LogP contribution in [0.3, 0.4) is 0 Å². The van der Waals surface area contributed by atoms with Crippen molar-refractivity contribution in [2.45, 2.75) is 5.75 Å². The molecule has 0 radical (unpaired) electrons. The third kappa shape index (κ3) is 5.14. The molecule has 3 rings (SSSR count). The molecule has 0 saturated heterocycles. The molecule has 0 atom stereocenters. The van der Waals surface area contributed by atoms with Crippen LogP contribution in [0.2, 0.25) is 0 Å². The van der Waals surface area contributed by atoms with Gasteiger partial charge in [0.05, 0.1) is 17.1 Å². The average molecular weight is 437 g/mol. The van der Waals surface area contributed by atoms with Gasteiger partial charge in [-0.05, 0) is 52.3 Å². The lowest BCUT2D eigenvalue weighted by molar-refractivity contribution is -0.113. The minimum absolute atomic E-state index is 0.0501. The molecule has 2 aromatic carbocycles. The number of hydrogen-bond acceptors (Lipinski definition) is 4. The molecule has 3 aromatic rings. The van der Waals surface area contributed by atoms with Crippen molar-refractivity contribution >= 4 is 50.6 Å². The zero-order chi connectivity index (χ0) is 17.6. The number of benzene rings is 2. The third-order valence-corrected chi connectivity index (χ3v) is 5.87. The Hall–Kier alpha value is -1.70. The molecule has 0 aliphatic carbocycles. The van der Waals surface area contributed by atoms with E-state index in [1.807, 2.05) is 29.6 Å². The molecule has 0 bridgehead atoms. The summed E-state index contributed by atoms with van der Waals surface area (Å²) in [6, 6.07) is 13.8. The van der Waals surface area contributed by atoms with Gasteiger partial charge in [-0.25, -0.2) is 9.37 Å². The number of aromatic nitrogens is 1. The van der Waals surface area contributed by atoms with Gasteiger partial charge in [0, 0.05) is 21.2 Å². The summed E-state index contributed by atoms with van der Waals surface area (Å²) in [6.07, 6.45) is 0. The van der Waals surface area contributed by atoms with Crippen LogP contribution in [0.15, 0.2) is 58.4 Å². The van der Waals surface area contributed by atoms with Crippen LogP contribution in [-0.4, -0.2) is 16.6 Å². The van der Waals surface area contributed by atoms with Gasteiger partial charge in [-0.2, -0.15) is 0 Å². The Kier molecular flexibility index (Phi) is 6.23. The molecule has 1 heterocycles. The van der Waals surface area contributed by atoms with E-state index in [2.05, 4.69) is 26.2 Å². The summed E-state index contributed by atoms with van der Waals surface area (Å²) < 4.78 is 13.8. The second kappa shape index (κ2) is 8.60. The lowest BCUT2D eigenvalue weighted by Crippen LogP contribution is -2.14. The first kappa shape index (κ1) is 18.1. The van der Waals surface area contributed by atoms with Crippen molar-refractivity contribution in [1.29, 1.82) is 0 Å². The van der Waals surface area contributed by atoms with E-state index in [-0.39, 0.29) is 11.7 Å². The molecule has 3 nitrogen and oxygen atoms in total. The summed E-state index contributed by atoms with van der Waals surface area (Å²) in [5.41, 5.74) is 2.58. The number of anilines is 1. The molecule has 0 unspecified atom stereocenters. The summed E-state index contributed by atoms with van der Waals surface area (Å²) in [7, 11) is 0. The van der Waals surface area contributed by atoms with Crippen LogP contribution in [0.5, 0.6) is 0 Å². The van der Waals surface area contributed by atoms with Crippen molar-refractivity contribution in [3.05, 3.63) is 69.9 Å². The van der Waals surface area contributed by atoms with Crippen LogP contribution in [0, 0.1) is 5.82 Å². The fourth-order valence-electron chi connectivity index (χ4n) is 2.10. The first-order valence-corrected chi connectivity index (χ1v) is 10.3. The maximum atomic E-state index is 13.0. The van der Waals surface area contributed by atoms with E-state index < -0.39 is 0 Å². The van der Waals surface area contributed by atoms with Crippen LogP contribution >= 0.6 is 39.0 Å². The average Bonchev–Trinajstić information content (AvgIpc) is 3.06. The minimum Gasteiger partial charge on any atom is -0.324 e. The summed E-state index contributed by atoms with van der Waals surface area (Å²) in [5.74, 6) is 0.698. The molecule has 7 heteroatoms. The van der Waals surface area contributed by atoms with Gasteiger partial charge in [0.2, 0.25) is 5.91 Å². The van der Waals surface area contributed by atoms with E-state index in [4.69, 9.17) is 0 Å². The monoisotopic (exact) mass is 436 g/mol. The van der Waals surface area contributed by atoms with E-state index in [1.165, 1.54) is 35.2 Å². The van der Waals surface area contributed by atoms with Crippen LogP contribution < -0.4 is 5.32 Å². The van der Waals surface area contributed by atoms with Gasteiger partial charge < -0.3 is 5.32 Å². The zero-order valence-corrected chi connectivity index (χ0v) is 16.3. The number of carbonyl (C=O) groups is 1. The van der Waals surface area contributed by atoms with Gasteiger partial charge in [0.25, 0.3) is 0 Å². The summed E-state index contributed by atoms with van der Waals surface area (Å²) in [5, 5.41) is 5.70. The normalized spacial score (nSPS) is 10.6. The highest BCUT2D eigenvalue weighted by Crippen LogP contribution is 2.26. The number of hydrogen-bond donors (Lipinski definition) is 1. The molecular weight excluding hydrogens is 423 g/mol. The van der Waals surface area contributed by atoms with Crippen molar-refractivity contribution in [2.24, 2.45) is 0 Å². The fraction of sp³-hybridized carbons (Fsp3) is 0.111. The zero-order valence-electron chi connectivity index (χ0n) is 13.0. The molecule has 0 spiro atoms. The predicted octanol–water partition coefficient (Wildman–Crippen LogP) is 5.58. The summed E-state index contributed by atoms with van der Waals surface area (Å²) in [6.45, 7) is 0. The highest BCUT2D eigenvalue weighted by Gasteiger charge is 2.08. The topological polar surface area (TPSA) is 42.0 Å². The van der Waals surface area contributed by atoms with Crippen molar-refractivity contribution in [3.63, 3.8) is 0 Å². The lowest BCUT2D eigenvalue weighted by atomic mass is 10.2. The largest absolute Gasteiger partial charge is 0.324 e. The maximum Gasteiger partial charge on any atom is 0.234 e. The standard InChI is InChI=1S/C18H14BrFN2OS2/c19-15-3-1-2-4-16(15)22-17(23)11-24-9-14-10-25-18(21-14)12-5-7-13(20)8-6-12/h1-8,10H,9,11H2,(H,22,23). The van der Waals surface area contributed by atoms with Crippen molar-refractivity contribution in [1.82, 2.24) is 4.98 Å². The number of thiazole rings is 1. The number of amides is 1. The number of para-hydroxylation sites is 1. The highest BCUT2D eigenvalue weighted by molar-refractivity contribution is 9.10. The van der Waals surface area contributed by atoms with Gasteiger partial charge in [0.15, 0.2) is 0 Å². The Balaban J connectivity index is 1.50. The molecule has 0 fully saturated rings. The molecule has 0 aliphatic heterocycles. The second-order valence-corrected chi connectivity index (χ2v) is 7.87. The third-order valence-electron chi connectivity index (χ3n) is 3.27.